The summed E-state index contributed by atoms with van der Waals surface area (Å²) in [4.78, 5) is 22.3. The van der Waals surface area contributed by atoms with Gasteiger partial charge in [0.05, 0.1) is 16.2 Å². The Bertz CT molecular complexity index is 543. The summed E-state index contributed by atoms with van der Waals surface area (Å²) in [6.07, 6.45) is 0. The quantitative estimate of drug-likeness (QED) is 0.490. The minimum Gasteiger partial charge on any atom is -0.335 e. The van der Waals surface area contributed by atoms with Gasteiger partial charge < -0.3 is 10.6 Å². The number of hydrogen-bond acceptors (Lipinski definition) is 3. The van der Waals surface area contributed by atoms with Crippen LogP contribution in [0.2, 0.25) is 0 Å². The summed E-state index contributed by atoms with van der Waals surface area (Å²) in [6, 6.07) is 3.14. The van der Waals surface area contributed by atoms with Gasteiger partial charge in [0.15, 0.2) is 0 Å². The number of nitrogens with one attached hydrogen (secondary N) is 2. The lowest BCUT2D eigenvalue weighted by Crippen LogP contribution is -2.35. The zero-order valence-electron chi connectivity index (χ0n) is 8.76. The highest BCUT2D eigenvalue weighted by Gasteiger charge is 2.16. The monoisotopic (exact) mass is 317 g/mol. The predicted molar refractivity (Wildman–Crippen MR) is 61.3 cm³/mol. The van der Waals surface area contributed by atoms with Gasteiger partial charge in [0.25, 0.3) is 0 Å². The standard InChI is InChI=1S/C10H6BrF2N3O2/c11-5-3-7(13)8(4-6(5)12)16-10(18)9(17)15-2-1-14/h3-4H,2H2,(H,15,17)(H,16,18). The highest BCUT2D eigenvalue weighted by molar-refractivity contribution is 9.10. The van der Waals surface area contributed by atoms with Crippen molar-refractivity contribution in [1.82, 2.24) is 5.32 Å². The number of nitriles is 1. The van der Waals surface area contributed by atoms with Gasteiger partial charge in [0, 0.05) is 6.07 Å². The number of hydrogen-bond donors (Lipinski definition) is 2. The van der Waals surface area contributed by atoms with Crippen molar-refractivity contribution in [3.8, 4) is 6.07 Å². The average Bonchev–Trinajstić information content (AvgIpc) is 2.32. The number of halogens is 3. The second kappa shape index (κ2) is 6.07. The molecule has 1 rings (SSSR count). The zero-order chi connectivity index (χ0) is 13.7. The molecule has 0 saturated carbocycles. The molecule has 0 unspecified atom stereocenters. The Balaban J connectivity index is 2.80. The lowest BCUT2D eigenvalue weighted by atomic mass is 10.3. The molecule has 0 aromatic heterocycles. The van der Waals surface area contributed by atoms with Crippen LogP contribution < -0.4 is 10.6 Å². The molecule has 0 aliphatic carbocycles. The number of rotatable bonds is 2. The molecule has 0 bridgehead atoms. The van der Waals surface area contributed by atoms with Crippen LogP contribution in [0.1, 0.15) is 0 Å². The van der Waals surface area contributed by atoms with E-state index < -0.39 is 29.1 Å². The van der Waals surface area contributed by atoms with E-state index in [4.69, 9.17) is 5.26 Å². The van der Waals surface area contributed by atoms with Crippen LogP contribution in [0.4, 0.5) is 14.5 Å². The fraction of sp³-hybridized carbons (Fsp3) is 0.100. The van der Waals surface area contributed by atoms with Crippen molar-refractivity contribution >= 4 is 33.4 Å². The van der Waals surface area contributed by atoms with Crippen molar-refractivity contribution in [2.24, 2.45) is 0 Å². The molecule has 0 aliphatic heterocycles. The molecule has 2 amide bonds. The molecule has 1 aromatic rings. The second-order valence-corrected chi connectivity index (χ2v) is 3.90. The van der Waals surface area contributed by atoms with Crippen LogP contribution in [0.3, 0.4) is 0 Å². The SMILES string of the molecule is N#CCNC(=O)C(=O)Nc1cc(F)c(Br)cc1F. The van der Waals surface area contributed by atoms with Crippen LogP contribution in [0.25, 0.3) is 0 Å². The summed E-state index contributed by atoms with van der Waals surface area (Å²) in [5.74, 6) is -3.99. The fourth-order valence-electron chi connectivity index (χ4n) is 0.998. The molecule has 1 aromatic carbocycles. The Morgan fingerprint density at radius 3 is 2.56 bits per heavy atom. The molecule has 94 valence electrons. The van der Waals surface area contributed by atoms with Gasteiger partial charge in [-0.15, -0.1) is 0 Å². The molecule has 0 aliphatic rings. The summed E-state index contributed by atoms with van der Waals surface area (Å²) in [7, 11) is 0. The van der Waals surface area contributed by atoms with Crippen molar-refractivity contribution in [1.29, 1.82) is 5.26 Å². The summed E-state index contributed by atoms with van der Waals surface area (Å²) in [6.45, 7) is -0.358. The zero-order valence-corrected chi connectivity index (χ0v) is 10.3. The van der Waals surface area contributed by atoms with E-state index in [9.17, 15) is 18.4 Å². The second-order valence-electron chi connectivity index (χ2n) is 3.04. The van der Waals surface area contributed by atoms with E-state index in [2.05, 4.69) is 15.9 Å². The summed E-state index contributed by atoms with van der Waals surface area (Å²) < 4.78 is 26.3. The third-order valence-electron chi connectivity index (χ3n) is 1.79. The van der Waals surface area contributed by atoms with Gasteiger partial charge in [-0.1, -0.05) is 0 Å². The highest BCUT2D eigenvalue weighted by atomic mass is 79.9. The molecule has 0 saturated heterocycles. The lowest BCUT2D eigenvalue weighted by Gasteiger charge is -2.06. The molecule has 0 fully saturated rings. The first kappa shape index (κ1) is 14.1. The molecule has 8 heteroatoms. The van der Waals surface area contributed by atoms with Crippen molar-refractivity contribution in [2.45, 2.75) is 0 Å². The Labute approximate surface area is 109 Å². The van der Waals surface area contributed by atoms with Gasteiger partial charge in [0.2, 0.25) is 0 Å². The summed E-state index contributed by atoms with van der Waals surface area (Å²) >= 11 is 2.77. The fourth-order valence-corrected chi connectivity index (χ4v) is 1.31. The van der Waals surface area contributed by atoms with E-state index in [1.54, 1.807) is 6.07 Å². The first-order valence-corrected chi connectivity index (χ1v) is 5.35. The highest BCUT2D eigenvalue weighted by Crippen LogP contribution is 2.23. The predicted octanol–water partition coefficient (Wildman–Crippen LogP) is 1.31. The van der Waals surface area contributed by atoms with E-state index in [0.717, 1.165) is 12.1 Å². The molecular formula is C10H6BrF2N3O2. The van der Waals surface area contributed by atoms with Crippen molar-refractivity contribution in [3.05, 3.63) is 28.2 Å². The molecule has 0 radical (unpaired) electrons. The smallest absolute Gasteiger partial charge is 0.313 e. The number of benzene rings is 1. The first-order chi connectivity index (χ1) is 8.45. The molecule has 2 N–H and O–H groups in total. The van der Waals surface area contributed by atoms with Crippen LogP contribution in [0.15, 0.2) is 16.6 Å². The number of amides is 2. The third kappa shape index (κ3) is 3.49. The van der Waals surface area contributed by atoms with Crippen LogP contribution >= 0.6 is 15.9 Å². The normalized spacial score (nSPS) is 9.44. The Kier molecular flexibility index (Phi) is 4.74. The Morgan fingerprint density at radius 2 is 1.94 bits per heavy atom. The van der Waals surface area contributed by atoms with Crippen LogP contribution in [-0.2, 0) is 9.59 Å². The minimum atomic E-state index is -1.19. The van der Waals surface area contributed by atoms with Gasteiger partial charge >= 0.3 is 11.8 Å². The Hall–Kier alpha value is -2.01. The molecule has 5 nitrogen and oxygen atoms in total. The van der Waals surface area contributed by atoms with Crippen LogP contribution in [0.5, 0.6) is 0 Å². The molecule has 0 heterocycles. The van der Waals surface area contributed by atoms with Gasteiger partial charge in [-0.2, -0.15) is 5.26 Å². The minimum absolute atomic E-state index is 0.105. The molecular weight excluding hydrogens is 312 g/mol. The maximum atomic E-state index is 13.3. The third-order valence-corrected chi connectivity index (χ3v) is 2.40. The molecule has 18 heavy (non-hydrogen) atoms. The summed E-state index contributed by atoms with van der Waals surface area (Å²) in [5.41, 5.74) is -0.465. The van der Waals surface area contributed by atoms with Gasteiger partial charge in [-0.25, -0.2) is 8.78 Å². The van der Waals surface area contributed by atoms with Crippen molar-refractivity contribution in [3.63, 3.8) is 0 Å². The van der Waals surface area contributed by atoms with E-state index in [1.165, 1.54) is 0 Å². The van der Waals surface area contributed by atoms with Crippen LogP contribution in [0, 0.1) is 23.0 Å². The molecule has 0 spiro atoms. The van der Waals surface area contributed by atoms with Gasteiger partial charge in [-0.05, 0) is 22.0 Å². The largest absolute Gasteiger partial charge is 0.335 e. The molecule has 0 atom stereocenters. The summed E-state index contributed by atoms with van der Waals surface area (Å²) in [5, 5.41) is 12.0. The van der Waals surface area contributed by atoms with Crippen LogP contribution in [-0.4, -0.2) is 18.4 Å². The number of anilines is 1. The van der Waals surface area contributed by atoms with Gasteiger partial charge in [0.1, 0.15) is 18.2 Å². The maximum absolute atomic E-state index is 13.3. The van der Waals surface area contributed by atoms with E-state index in [1.807, 2.05) is 10.6 Å². The van der Waals surface area contributed by atoms with E-state index in [-0.39, 0.29) is 11.0 Å². The number of nitrogens with zero attached hydrogens (tertiary/aromatic N) is 1. The number of carbonyl (C=O) groups excluding carboxylic acids is 2. The Morgan fingerprint density at radius 1 is 1.28 bits per heavy atom. The maximum Gasteiger partial charge on any atom is 0.313 e. The average molecular weight is 318 g/mol. The topological polar surface area (TPSA) is 82.0 Å². The van der Waals surface area contributed by atoms with Crippen molar-refractivity contribution in [2.75, 3.05) is 11.9 Å². The van der Waals surface area contributed by atoms with Crippen molar-refractivity contribution < 1.29 is 18.4 Å². The van der Waals surface area contributed by atoms with Gasteiger partial charge in [-0.3, -0.25) is 9.59 Å². The van der Waals surface area contributed by atoms with E-state index in [0.29, 0.717) is 0 Å². The number of carbonyl (C=O) groups is 2. The lowest BCUT2D eigenvalue weighted by molar-refractivity contribution is -0.136. The van der Waals surface area contributed by atoms with E-state index >= 15 is 0 Å². The first-order valence-electron chi connectivity index (χ1n) is 4.56.